The van der Waals surface area contributed by atoms with E-state index in [-0.39, 0.29) is 29.2 Å². The number of aromatic amines is 1. The van der Waals surface area contributed by atoms with Gasteiger partial charge < -0.3 is 20.1 Å². The molecular formula is C24H25F2N5O2. The van der Waals surface area contributed by atoms with Gasteiger partial charge in [0.25, 0.3) is 0 Å². The zero-order valence-electron chi connectivity index (χ0n) is 18.1. The van der Waals surface area contributed by atoms with E-state index in [0.29, 0.717) is 42.7 Å². The van der Waals surface area contributed by atoms with E-state index in [0.717, 1.165) is 44.1 Å². The summed E-state index contributed by atoms with van der Waals surface area (Å²) in [5.41, 5.74) is 1.84. The van der Waals surface area contributed by atoms with Crippen LogP contribution in [-0.4, -0.2) is 57.9 Å². The zero-order valence-corrected chi connectivity index (χ0v) is 18.1. The lowest BCUT2D eigenvalue weighted by atomic mass is 9.96. The van der Waals surface area contributed by atoms with Crippen LogP contribution in [0.4, 0.5) is 19.3 Å². The monoisotopic (exact) mass is 453 g/mol. The molecule has 0 unspecified atom stereocenters. The fourth-order valence-electron chi connectivity index (χ4n) is 4.58. The zero-order chi connectivity index (χ0) is 22.9. The van der Waals surface area contributed by atoms with Gasteiger partial charge in [0.15, 0.2) is 0 Å². The van der Waals surface area contributed by atoms with E-state index >= 15 is 0 Å². The first-order chi connectivity index (χ1) is 16.0. The third-order valence-electron chi connectivity index (χ3n) is 6.45. The largest absolute Gasteiger partial charge is 0.338 e. The number of nitrogens with zero attached hydrogens (tertiary/aromatic N) is 3. The van der Waals surface area contributed by atoms with Crippen LogP contribution in [-0.2, 0) is 4.79 Å². The van der Waals surface area contributed by atoms with Crippen molar-refractivity contribution in [2.45, 2.75) is 25.7 Å². The maximum atomic E-state index is 14.1. The molecule has 0 saturated carbocycles. The van der Waals surface area contributed by atoms with Gasteiger partial charge in [-0.3, -0.25) is 4.79 Å². The molecule has 7 nitrogen and oxygen atoms in total. The molecule has 2 fully saturated rings. The lowest BCUT2D eigenvalue weighted by Crippen LogP contribution is -2.47. The van der Waals surface area contributed by atoms with Gasteiger partial charge in [0.05, 0.1) is 16.6 Å². The lowest BCUT2D eigenvalue weighted by Gasteiger charge is -2.34. The normalized spacial score (nSPS) is 17.0. The van der Waals surface area contributed by atoms with Crippen molar-refractivity contribution in [3.8, 4) is 11.4 Å². The van der Waals surface area contributed by atoms with Gasteiger partial charge in [-0.05, 0) is 62.1 Å². The molecule has 0 spiro atoms. The summed E-state index contributed by atoms with van der Waals surface area (Å²) in [6.45, 7) is 2.80. The van der Waals surface area contributed by atoms with Crippen molar-refractivity contribution < 1.29 is 18.4 Å². The minimum atomic E-state index is -0.571. The molecule has 0 bridgehead atoms. The molecule has 2 saturated heterocycles. The molecule has 2 N–H and O–H groups in total. The number of hydrogen-bond donors (Lipinski definition) is 2. The number of likely N-dealkylation sites (tertiary alicyclic amines) is 2. The number of anilines is 1. The van der Waals surface area contributed by atoms with Gasteiger partial charge in [-0.25, -0.2) is 18.6 Å². The van der Waals surface area contributed by atoms with E-state index in [1.54, 1.807) is 18.2 Å². The predicted octanol–water partition coefficient (Wildman–Crippen LogP) is 4.37. The van der Waals surface area contributed by atoms with Crippen molar-refractivity contribution in [1.29, 1.82) is 0 Å². The average molecular weight is 453 g/mol. The summed E-state index contributed by atoms with van der Waals surface area (Å²) in [4.78, 5) is 36.4. The highest BCUT2D eigenvalue weighted by Gasteiger charge is 2.30. The number of urea groups is 1. The highest BCUT2D eigenvalue weighted by atomic mass is 19.1. The van der Waals surface area contributed by atoms with Crippen LogP contribution in [0.5, 0.6) is 0 Å². The number of amides is 3. The Kier molecular flexibility index (Phi) is 5.70. The summed E-state index contributed by atoms with van der Waals surface area (Å²) >= 11 is 0. The number of imidazole rings is 1. The highest BCUT2D eigenvalue weighted by molar-refractivity contribution is 5.95. The number of H-pyrrole nitrogens is 1. The second-order valence-electron chi connectivity index (χ2n) is 8.67. The number of carbonyl (C=O) groups is 2. The Balaban J connectivity index is 1.23. The highest BCUT2D eigenvalue weighted by Crippen LogP contribution is 2.27. The van der Waals surface area contributed by atoms with Crippen LogP contribution in [0.1, 0.15) is 25.7 Å². The molecule has 9 heteroatoms. The summed E-state index contributed by atoms with van der Waals surface area (Å²) < 4.78 is 27.6. The number of aromatic nitrogens is 2. The minimum Gasteiger partial charge on any atom is -0.338 e. The average Bonchev–Trinajstić information content (AvgIpc) is 3.50. The lowest BCUT2D eigenvalue weighted by molar-refractivity contribution is -0.121. The first kappa shape index (κ1) is 21.4. The number of rotatable bonds is 3. The van der Waals surface area contributed by atoms with Crippen LogP contribution in [0.15, 0.2) is 36.4 Å². The number of piperidine rings is 1. The van der Waals surface area contributed by atoms with Crippen LogP contribution < -0.4 is 5.32 Å². The molecule has 2 aromatic carbocycles. The Morgan fingerprint density at radius 3 is 2.45 bits per heavy atom. The number of halogens is 2. The summed E-state index contributed by atoms with van der Waals surface area (Å²) in [5, 5.41) is 2.94. The van der Waals surface area contributed by atoms with Crippen molar-refractivity contribution in [2.75, 3.05) is 31.5 Å². The summed E-state index contributed by atoms with van der Waals surface area (Å²) in [6, 6.07) is 8.48. The molecule has 172 valence electrons. The minimum absolute atomic E-state index is 0.0482. The van der Waals surface area contributed by atoms with Crippen LogP contribution in [0.3, 0.4) is 0 Å². The van der Waals surface area contributed by atoms with Gasteiger partial charge in [0.1, 0.15) is 17.5 Å². The second-order valence-corrected chi connectivity index (χ2v) is 8.67. The Morgan fingerprint density at radius 2 is 1.70 bits per heavy atom. The molecule has 3 heterocycles. The van der Waals surface area contributed by atoms with Gasteiger partial charge in [-0.1, -0.05) is 0 Å². The quantitative estimate of drug-likeness (QED) is 0.618. The number of benzene rings is 2. The maximum absolute atomic E-state index is 14.1. The molecule has 33 heavy (non-hydrogen) atoms. The van der Waals surface area contributed by atoms with Gasteiger partial charge in [0.2, 0.25) is 5.91 Å². The van der Waals surface area contributed by atoms with Gasteiger partial charge in [-0.15, -0.1) is 0 Å². The van der Waals surface area contributed by atoms with Crippen molar-refractivity contribution in [3.63, 3.8) is 0 Å². The van der Waals surface area contributed by atoms with Crippen molar-refractivity contribution in [1.82, 2.24) is 19.8 Å². The van der Waals surface area contributed by atoms with E-state index in [9.17, 15) is 18.4 Å². The smallest absolute Gasteiger partial charge is 0.319 e. The van der Waals surface area contributed by atoms with E-state index in [1.807, 2.05) is 9.80 Å². The Morgan fingerprint density at radius 1 is 0.970 bits per heavy atom. The first-order valence-electron chi connectivity index (χ1n) is 11.3. The number of carbonyl (C=O) groups excluding carboxylic acids is 2. The van der Waals surface area contributed by atoms with Crippen molar-refractivity contribution in [2.24, 2.45) is 5.92 Å². The molecule has 1 aromatic heterocycles. The van der Waals surface area contributed by atoms with E-state index in [1.165, 1.54) is 0 Å². The second kappa shape index (κ2) is 8.80. The summed E-state index contributed by atoms with van der Waals surface area (Å²) in [6.07, 6.45) is 3.37. The van der Waals surface area contributed by atoms with Crippen LogP contribution in [0, 0.1) is 17.6 Å². The van der Waals surface area contributed by atoms with Crippen LogP contribution in [0.2, 0.25) is 0 Å². The van der Waals surface area contributed by atoms with Gasteiger partial charge in [0, 0.05) is 37.8 Å². The number of fused-ring (bicyclic) bond motifs is 1. The van der Waals surface area contributed by atoms with Crippen molar-refractivity contribution >= 4 is 28.7 Å². The molecule has 5 rings (SSSR count). The predicted molar refractivity (Wildman–Crippen MR) is 121 cm³/mol. The standard InChI is InChI=1S/C24H25F2N5O2/c25-16-3-5-19(26)18(13-16)22-28-20-6-4-17(14-21(20)29-22)27-23(32)15-7-11-31(12-8-15)24(33)30-9-1-2-10-30/h3-6,13-15H,1-2,7-12H2,(H,27,32)(H,28,29). The SMILES string of the molecule is O=C(Nc1ccc2nc(-c3cc(F)ccc3F)[nH]c2c1)C1CCN(C(=O)N2CCCC2)CC1. The first-order valence-corrected chi connectivity index (χ1v) is 11.3. The van der Waals surface area contributed by atoms with E-state index in [4.69, 9.17) is 0 Å². The van der Waals surface area contributed by atoms with E-state index in [2.05, 4.69) is 15.3 Å². The number of hydrogen-bond acceptors (Lipinski definition) is 3. The maximum Gasteiger partial charge on any atom is 0.319 e. The molecule has 0 atom stereocenters. The molecule has 2 aliphatic heterocycles. The molecule has 0 aliphatic carbocycles. The van der Waals surface area contributed by atoms with Crippen molar-refractivity contribution in [3.05, 3.63) is 48.0 Å². The Labute approximate surface area is 189 Å². The number of nitrogens with one attached hydrogen (secondary N) is 2. The summed E-state index contributed by atoms with van der Waals surface area (Å²) in [5.74, 6) is -1.15. The Bertz CT molecular complexity index is 1200. The Hall–Kier alpha value is -3.49. The third-order valence-corrected chi connectivity index (χ3v) is 6.45. The third kappa shape index (κ3) is 4.40. The molecule has 2 aliphatic rings. The van der Waals surface area contributed by atoms with Gasteiger partial charge >= 0.3 is 6.03 Å². The fraction of sp³-hybridized carbons (Fsp3) is 0.375. The fourth-order valence-corrected chi connectivity index (χ4v) is 4.58. The summed E-state index contributed by atoms with van der Waals surface area (Å²) in [7, 11) is 0. The molecule has 0 radical (unpaired) electrons. The molecular weight excluding hydrogens is 428 g/mol. The van der Waals surface area contributed by atoms with Crippen LogP contribution in [0.25, 0.3) is 22.4 Å². The molecule has 3 aromatic rings. The topological polar surface area (TPSA) is 81.3 Å². The van der Waals surface area contributed by atoms with Crippen LogP contribution >= 0.6 is 0 Å². The van der Waals surface area contributed by atoms with Gasteiger partial charge in [-0.2, -0.15) is 0 Å². The molecule has 3 amide bonds. The van der Waals surface area contributed by atoms with E-state index < -0.39 is 11.6 Å².